The van der Waals surface area contributed by atoms with Crippen LogP contribution in [0.25, 0.3) is 0 Å². The van der Waals surface area contributed by atoms with E-state index in [4.69, 9.17) is 5.11 Å². The van der Waals surface area contributed by atoms with Crippen molar-refractivity contribution in [2.75, 3.05) is 18.1 Å². The van der Waals surface area contributed by atoms with Gasteiger partial charge in [0.15, 0.2) is 0 Å². The first kappa shape index (κ1) is 14.4. The zero-order chi connectivity index (χ0) is 13.7. The van der Waals surface area contributed by atoms with E-state index in [0.29, 0.717) is 29.9 Å². The molecule has 1 saturated heterocycles. The van der Waals surface area contributed by atoms with Crippen LogP contribution in [-0.2, 0) is 0 Å². The van der Waals surface area contributed by atoms with Gasteiger partial charge in [-0.1, -0.05) is 18.2 Å². The van der Waals surface area contributed by atoms with Crippen LogP contribution in [0.5, 0.6) is 0 Å². The molecule has 1 aromatic carbocycles. The van der Waals surface area contributed by atoms with Crippen molar-refractivity contribution in [2.24, 2.45) is 0 Å². The van der Waals surface area contributed by atoms with Gasteiger partial charge in [-0.2, -0.15) is 11.8 Å². The monoisotopic (exact) mass is 281 g/mol. The lowest BCUT2D eigenvalue weighted by Gasteiger charge is -2.33. The molecule has 5 heteroatoms. The molecule has 1 heterocycles. The second-order valence-electron chi connectivity index (χ2n) is 4.83. The van der Waals surface area contributed by atoms with Crippen LogP contribution < -0.4 is 5.32 Å². The van der Waals surface area contributed by atoms with Crippen LogP contribution in [0.4, 0.5) is 0 Å². The summed E-state index contributed by atoms with van der Waals surface area (Å²) in [4.78, 5) is 12.2. The van der Waals surface area contributed by atoms with Crippen LogP contribution in [0.3, 0.4) is 0 Å². The first-order chi connectivity index (χ1) is 9.18. The summed E-state index contributed by atoms with van der Waals surface area (Å²) in [5.41, 5.74) is -0.0182. The zero-order valence-electron chi connectivity index (χ0n) is 10.7. The Hall–Kier alpha value is -1.04. The number of hydrogen-bond acceptors (Lipinski definition) is 4. The highest BCUT2D eigenvalue weighted by Gasteiger charge is 2.43. The molecule has 2 atom stereocenters. The van der Waals surface area contributed by atoms with Gasteiger partial charge < -0.3 is 15.5 Å². The Morgan fingerprint density at radius 3 is 2.74 bits per heavy atom. The second-order valence-corrected chi connectivity index (χ2v) is 5.86. The van der Waals surface area contributed by atoms with E-state index in [2.05, 4.69) is 5.32 Å². The summed E-state index contributed by atoms with van der Waals surface area (Å²) >= 11 is 1.63. The number of thioether (sulfide) groups is 1. The van der Waals surface area contributed by atoms with Crippen molar-refractivity contribution in [1.29, 1.82) is 0 Å². The Labute approximate surface area is 117 Å². The fourth-order valence-corrected chi connectivity index (χ4v) is 3.74. The highest BCUT2D eigenvalue weighted by Crippen LogP contribution is 2.32. The van der Waals surface area contributed by atoms with E-state index in [1.807, 2.05) is 18.2 Å². The SMILES string of the molecule is O=C(NC1(CCCO)CSCC1O)c1ccccc1. The molecule has 1 aliphatic heterocycles. The van der Waals surface area contributed by atoms with Crippen molar-refractivity contribution in [2.45, 2.75) is 24.5 Å². The predicted molar refractivity (Wildman–Crippen MR) is 76.3 cm³/mol. The molecule has 2 unspecified atom stereocenters. The van der Waals surface area contributed by atoms with E-state index in [0.717, 1.165) is 0 Å². The Kier molecular flexibility index (Phi) is 4.85. The van der Waals surface area contributed by atoms with Crippen LogP contribution in [0.2, 0.25) is 0 Å². The lowest BCUT2D eigenvalue weighted by atomic mass is 9.89. The molecule has 0 aliphatic carbocycles. The van der Waals surface area contributed by atoms with Gasteiger partial charge in [-0.05, 0) is 25.0 Å². The van der Waals surface area contributed by atoms with Crippen molar-refractivity contribution in [3.63, 3.8) is 0 Å². The molecule has 19 heavy (non-hydrogen) atoms. The van der Waals surface area contributed by atoms with Crippen LogP contribution >= 0.6 is 11.8 Å². The molecule has 0 aromatic heterocycles. The van der Waals surface area contributed by atoms with E-state index >= 15 is 0 Å². The van der Waals surface area contributed by atoms with Gasteiger partial charge in [0.1, 0.15) is 0 Å². The number of aliphatic hydroxyl groups excluding tert-OH is 2. The second kappa shape index (κ2) is 6.41. The minimum Gasteiger partial charge on any atom is -0.396 e. The maximum absolute atomic E-state index is 12.2. The normalized spacial score (nSPS) is 26.3. The minimum atomic E-state index is -0.611. The fourth-order valence-electron chi connectivity index (χ4n) is 2.31. The summed E-state index contributed by atoms with van der Waals surface area (Å²) in [5, 5.41) is 22.1. The smallest absolute Gasteiger partial charge is 0.251 e. The van der Waals surface area contributed by atoms with Crippen LogP contribution in [-0.4, -0.2) is 45.9 Å². The molecule has 1 amide bonds. The number of aliphatic hydroxyl groups is 2. The number of hydrogen-bond donors (Lipinski definition) is 3. The Morgan fingerprint density at radius 1 is 1.42 bits per heavy atom. The van der Waals surface area contributed by atoms with Crippen LogP contribution in [0.1, 0.15) is 23.2 Å². The fraction of sp³-hybridized carbons (Fsp3) is 0.500. The maximum atomic E-state index is 12.2. The Balaban J connectivity index is 2.10. The molecule has 2 rings (SSSR count). The molecule has 1 aliphatic rings. The van der Waals surface area contributed by atoms with Crippen LogP contribution in [0.15, 0.2) is 30.3 Å². The average Bonchev–Trinajstić information content (AvgIpc) is 2.79. The van der Waals surface area contributed by atoms with Gasteiger partial charge in [-0.15, -0.1) is 0 Å². The van der Waals surface area contributed by atoms with E-state index in [-0.39, 0.29) is 12.5 Å². The molecule has 3 N–H and O–H groups in total. The molecular weight excluding hydrogens is 262 g/mol. The van der Waals surface area contributed by atoms with Crippen molar-refractivity contribution >= 4 is 17.7 Å². The van der Waals surface area contributed by atoms with Gasteiger partial charge in [0.05, 0.1) is 11.6 Å². The van der Waals surface area contributed by atoms with E-state index in [1.165, 1.54) is 0 Å². The molecule has 1 fully saturated rings. The van der Waals surface area contributed by atoms with Gasteiger partial charge in [0, 0.05) is 23.7 Å². The third-order valence-electron chi connectivity index (χ3n) is 3.45. The molecule has 4 nitrogen and oxygen atoms in total. The number of benzene rings is 1. The predicted octanol–water partition coefficient (Wildman–Crippen LogP) is 1.04. The van der Waals surface area contributed by atoms with E-state index in [9.17, 15) is 9.90 Å². The number of nitrogens with one attached hydrogen (secondary N) is 1. The zero-order valence-corrected chi connectivity index (χ0v) is 11.5. The van der Waals surface area contributed by atoms with Gasteiger partial charge in [0.2, 0.25) is 0 Å². The maximum Gasteiger partial charge on any atom is 0.251 e. The van der Waals surface area contributed by atoms with Gasteiger partial charge in [0.25, 0.3) is 5.91 Å². The molecule has 0 radical (unpaired) electrons. The topological polar surface area (TPSA) is 69.6 Å². The summed E-state index contributed by atoms with van der Waals surface area (Å²) in [6.45, 7) is 0.0698. The first-order valence-corrected chi connectivity index (χ1v) is 7.58. The quantitative estimate of drug-likeness (QED) is 0.754. The van der Waals surface area contributed by atoms with Crippen LogP contribution in [0, 0.1) is 0 Å². The van der Waals surface area contributed by atoms with Gasteiger partial charge >= 0.3 is 0 Å². The summed E-state index contributed by atoms with van der Waals surface area (Å²) in [5.74, 6) is 1.15. The average molecular weight is 281 g/mol. The van der Waals surface area contributed by atoms with Gasteiger partial charge in [-0.25, -0.2) is 0 Å². The molecule has 104 valence electrons. The number of rotatable bonds is 5. The molecule has 1 aromatic rings. The summed E-state index contributed by atoms with van der Waals surface area (Å²) in [6, 6.07) is 9.00. The highest BCUT2D eigenvalue weighted by molar-refractivity contribution is 7.99. The summed E-state index contributed by atoms with van der Waals surface area (Å²) < 4.78 is 0. The lowest BCUT2D eigenvalue weighted by Crippen LogP contribution is -2.56. The molecule has 0 saturated carbocycles. The third kappa shape index (κ3) is 3.29. The van der Waals surface area contributed by atoms with Crippen molar-refractivity contribution < 1.29 is 15.0 Å². The summed E-state index contributed by atoms with van der Waals surface area (Å²) in [7, 11) is 0. The van der Waals surface area contributed by atoms with E-state index in [1.54, 1.807) is 23.9 Å². The third-order valence-corrected chi connectivity index (χ3v) is 4.72. The minimum absolute atomic E-state index is 0.0698. The Bertz CT molecular complexity index is 426. The number of amides is 1. The van der Waals surface area contributed by atoms with E-state index < -0.39 is 11.6 Å². The van der Waals surface area contributed by atoms with Gasteiger partial charge in [-0.3, -0.25) is 4.79 Å². The number of carbonyl (C=O) groups excluding carboxylic acids is 1. The lowest BCUT2D eigenvalue weighted by molar-refractivity contribution is 0.0668. The van der Waals surface area contributed by atoms with Crippen molar-refractivity contribution in [1.82, 2.24) is 5.32 Å². The first-order valence-electron chi connectivity index (χ1n) is 6.42. The standard InChI is InChI=1S/C14H19NO3S/c16-8-4-7-14(10-19-9-12(14)17)15-13(18)11-5-2-1-3-6-11/h1-3,5-6,12,16-17H,4,7-10H2,(H,15,18). The molecule has 0 spiro atoms. The summed E-state index contributed by atoms with van der Waals surface area (Å²) in [6.07, 6.45) is 0.611. The van der Waals surface area contributed by atoms with Crippen molar-refractivity contribution in [3.8, 4) is 0 Å². The van der Waals surface area contributed by atoms with Crippen molar-refractivity contribution in [3.05, 3.63) is 35.9 Å². The molecular formula is C14H19NO3S. The highest BCUT2D eigenvalue weighted by atomic mass is 32.2. The largest absolute Gasteiger partial charge is 0.396 e. The Morgan fingerprint density at radius 2 is 2.16 bits per heavy atom. The molecule has 0 bridgehead atoms. The number of carbonyl (C=O) groups is 1.